The molecule has 1 aromatic heterocycles. The lowest BCUT2D eigenvalue weighted by Crippen LogP contribution is -2.38. The van der Waals surface area contributed by atoms with Crippen molar-refractivity contribution in [1.82, 2.24) is 14.5 Å². The smallest absolute Gasteiger partial charge is 0.253 e. The van der Waals surface area contributed by atoms with Gasteiger partial charge in [-0.1, -0.05) is 18.2 Å². The Morgan fingerprint density at radius 1 is 1.19 bits per heavy atom. The second kappa shape index (κ2) is 9.11. The Hall–Kier alpha value is -3.50. The summed E-state index contributed by atoms with van der Waals surface area (Å²) in [5, 5.41) is 12.7. The van der Waals surface area contributed by atoms with Gasteiger partial charge in [0.1, 0.15) is 6.33 Å². The molecule has 0 saturated carbocycles. The van der Waals surface area contributed by atoms with Crippen LogP contribution in [0.2, 0.25) is 0 Å². The van der Waals surface area contributed by atoms with Crippen LogP contribution in [0.25, 0.3) is 0 Å². The molecule has 1 aliphatic rings. The van der Waals surface area contributed by atoms with Crippen molar-refractivity contribution in [2.24, 2.45) is 0 Å². The summed E-state index contributed by atoms with van der Waals surface area (Å²) in [6, 6.07) is 15.6. The number of likely N-dealkylation sites (tertiary alicyclic amines) is 1. The fourth-order valence-corrected chi connectivity index (χ4v) is 4.09. The fraction of sp³-hybridized carbons (Fsp3) is 0.250. The van der Waals surface area contributed by atoms with Gasteiger partial charge < -0.3 is 10.2 Å². The average molecular weight is 430 g/mol. The third-order valence-corrected chi connectivity index (χ3v) is 6.07. The summed E-state index contributed by atoms with van der Waals surface area (Å²) in [5.41, 5.74) is 4.39. The molecule has 4 rings (SSSR count). The van der Waals surface area contributed by atoms with Crippen LogP contribution in [0.1, 0.15) is 45.8 Å². The Labute approximate surface area is 187 Å². The topological polar surface area (TPSA) is 74.0 Å². The van der Waals surface area contributed by atoms with Gasteiger partial charge in [0.05, 0.1) is 11.6 Å². The maximum absolute atomic E-state index is 13.1. The molecule has 2 aromatic carbocycles. The summed E-state index contributed by atoms with van der Waals surface area (Å²) in [6.45, 7) is 3.41. The number of imidazole rings is 1. The van der Waals surface area contributed by atoms with Gasteiger partial charge in [-0.3, -0.25) is 9.36 Å². The molecule has 0 spiro atoms. The number of carbonyl (C=O) groups is 1. The molecule has 0 bridgehead atoms. The van der Waals surface area contributed by atoms with Gasteiger partial charge in [0, 0.05) is 36.7 Å². The van der Waals surface area contributed by atoms with Gasteiger partial charge in [-0.05, 0) is 73.3 Å². The predicted molar refractivity (Wildman–Crippen MR) is 124 cm³/mol. The summed E-state index contributed by atoms with van der Waals surface area (Å²) in [7, 11) is 0. The summed E-state index contributed by atoms with van der Waals surface area (Å²) in [4.78, 5) is 19.0. The molecule has 1 amide bonds. The lowest BCUT2D eigenvalue weighted by molar-refractivity contribution is 0.0713. The zero-order valence-corrected chi connectivity index (χ0v) is 18.1. The van der Waals surface area contributed by atoms with Gasteiger partial charge in [0.25, 0.3) is 5.91 Å². The van der Waals surface area contributed by atoms with E-state index in [0.29, 0.717) is 35.2 Å². The van der Waals surface area contributed by atoms with Crippen molar-refractivity contribution in [2.75, 3.05) is 18.4 Å². The zero-order chi connectivity index (χ0) is 21.8. The first-order valence-corrected chi connectivity index (χ1v) is 10.7. The van der Waals surface area contributed by atoms with Crippen molar-refractivity contribution < 1.29 is 4.79 Å². The summed E-state index contributed by atoms with van der Waals surface area (Å²) in [5.74, 6) is 0.453. The Balaban J connectivity index is 1.41. The minimum atomic E-state index is 0.0369. The molecule has 0 unspecified atom stereocenters. The van der Waals surface area contributed by atoms with E-state index in [1.54, 1.807) is 23.3 Å². The van der Waals surface area contributed by atoms with Crippen molar-refractivity contribution in [2.45, 2.75) is 25.7 Å². The lowest BCUT2D eigenvalue weighted by Gasteiger charge is -2.32. The first-order valence-electron chi connectivity index (χ1n) is 10.2. The number of nitrogens with zero attached hydrogens (tertiary/aromatic N) is 4. The van der Waals surface area contributed by atoms with Crippen molar-refractivity contribution in [3.8, 4) is 6.07 Å². The number of nitrogens with one attached hydrogen (secondary N) is 1. The number of amides is 1. The zero-order valence-electron chi connectivity index (χ0n) is 17.3. The molecule has 3 aromatic rings. The predicted octanol–water partition coefficient (Wildman–Crippen LogP) is 4.33. The Bertz CT molecular complexity index is 1120. The van der Waals surface area contributed by atoms with E-state index in [9.17, 15) is 4.79 Å². The molecular formula is C24H23N5OS. The van der Waals surface area contributed by atoms with Crippen molar-refractivity contribution in [3.05, 3.63) is 83.4 Å². The van der Waals surface area contributed by atoms with E-state index in [0.717, 1.165) is 24.1 Å². The van der Waals surface area contributed by atoms with E-state index in [2.05, 4.69) is 16.4 Å². The van der Waals surface area contributed by atoms with Gasteiger partial charge >= 0.3 is 0 Å². The number of piperidine rings is 1. The molecule has 1 aliphatic heterocycles. The molecule has 1 fully saturated rings. The number of rotatable bonds is 3. The van der Waals surface area contributed by atoms with Gasteiger partial charge in [-0.25, -0.2) is 4.98 Å². The van der Waals surface area contributed by atoms with Crippen LogP contribution in [-0.4, -0.2) is 38.6 Å². The SMILES string of the molecule is Cc1ccc(C(=O)N2CCC(c3ccc(C#N)cc3)CC2)cc1NC(=S)n1ccnc1. The Morgan fingerprint density at radius 2 is 1.94 bits per heavy atom. The minimum Gasteiger partial charge on any atom is -0.339 e. The van der Waals surface area contributed by atoms with Gasteiger partial charge in [-0.15, -0.1) is 0 Å². The minimum absolute atomic E-state index is 0.0369. The average Bonchev–Trinajstić information content (AvgIpc) is 3.35. The van der Waals surface area contributed by atoms with Gasteiger partial charge in [-0.2, -0.15) is 5.26 Å². The fourth-order valence-electron chi connectivity index (χ4n) is 3.88. The molecular weight excluding hydrogens is 406 g/mol. The van der Waals surface area contributed by atoms with Crippen LogP contribution in [0.5, 0.6) is 0 Å². The van der Waals surface area contributed by atoms with Crippen LogP contribution in [0.4, 0.5) is 5.69 Å². The Kier molecular flexibility index (Phi) is 6.10. The molecule has 31 heavy (non-hydrogen) atoms. The van der Waals surface area contributed by atoms with Crippen LogP contribution in [0.3, 0.4) is 0 Å². The monoisotopic (exact) mass is 429 g/mol. The molecule has 7 heteroatoms. The second-order valence-corrected chi connectivity index (χ2v) is 8.12. The van der Waals surface area contributed by atoms with E-state index in [4.69, 9.17) is 17.5 Å². The maximum atomic E-state index is 13.1. The van der Waals surface area contributed by atoms with Gasteiger partial charge in [0.2, 0.25) is 0 Å². The van der Waals surface area contributed by atoms with Crippen LogP contribution in [0, 0.1) is 18.3 Å². The molecule has 156 valence electrons. The molecule has 0 aliphatic carbocycles. The number of nitriles is 1. The van der Waals surface area contributed by atoms with Crippen LogP contribution in [-0.2, 0) is 0 Å². The maximum Gasteiger partial charge on any atom is 0.253 e. The van der Waals surface area contributed by atoms with E-state index >= 15 is 0 Å². The number of aryl methyl sites for hydroxylation is 1. The summed E-state index contributed by atoms with van der Waals surface area (Å²) < 4.78 is 1.72. The third-order valence-electron chi connectivity index (χ3n) is 5.76. The molecule has 0 atom stereocenters. The molecule has 6 nitrogen and oxygen atoms in total. The van der Waals surface area contributed by atoms with Crippen molar-refractivity contribution in [1.29, 1.82) is 5.26 Å². The highest BCUT2D eigenvalue weighted by molar-refractivity contribution is 7.80. The van der Waals surface area contributed by atoms with E-state index < -0.39 is 0 Å². The first kappa shape index (κ1) is 20.8. The number of hydrogen-bond acceptors (Lipinski definition) is 4. The summed E-state index contributed by atoms with van der Waals surface area (Å²) >= 11 is 5.42. The number of carbonyl (C=O) groups excluding carboxylic acids is 1. The van der Waals surface area contributed by atoms with Crippen molar-refractivity contribution >= 4 is 28.9 Å². The van der Waals surface area contributed by atoms with Crippen LogP contribution < -0.4 is 5.32 Å². The number of aromatic nitrogens is 2. The van der Waals surface area contributed by atoms with E-state index in [1.807, 2.05) is 54.3 Å². The highest BCUT2D eigenvalue weighted by Crippen LogP contribution is 2.29. The third kappa shape index (κ3) is 4.65. The van der Waals surface area contributed by atoms with Crippen molar-refractivity contribution in [3.63, 3.8) is 0 Å². The lowest BCUT2D eigenvalue weighted by atomic mass is 9.89. The van der Waals surface area contributed by atoms with Gasteiger partial charge in [0.15, 0.2) is 5.11 Å². The van der Waals surface area contributed by atoms with E-state index in [1.165, 1.54) is 5.56 Å². The summed E-state index contributed by atoms with van der Waals surface area (Å²) in [6.07, 6.45) is 6.91. The quantitative estimate of drug-likeness (QED) is 0.628. The second-order valence-electron chi connectivity index (χ2n) is 7.73. The van der Waals surface area contributed by atoms with Crippen LogP contribution >= 0.6 is 12.2 Å². The molecule has 0 radical (unpaired) electrons. The number of anilines is 1. The number of thiocarbonyl (C=S) groups is 1. The molecule has 1 saturated heterocycles. The molecule has 1 N–H and O–H groups in total. The normalized spacial score (nSPS) is 14.1. The highest BCUT2D eigenvalue weighted by atomic mass is 32.1. The molecule has 2 heterocycles. The standard InChI is InChI=1S/C24H23N5OS/c1-17-2-5-21(14-22(17)27-24(31)29-13-10-26-16-29)23(30)28-11-8-20(9-12-28)19-6-3-18(15-25)4-7-19/h2-7,10,13-14,16,20H,8-9,11-12H2,1H3,(H,27,31). The number of benzene rings is 2. The Morgan fingerprint density at radius 3 is 2.58 bits per heavy atom. The first-order chi connectivity index (χ1) is 15.0. The van der Waals surface area contributed by atoms with E-state index in [-0.39, 0.29) is 5.91 Å². The van der Waals surface area contributed by atoms with Crippen LogP contribution in [0.15, 0.2) is 61.2 Å². The largest absolute Gasteiger partial charge is 0.339 e. The highest BCUT2D eigenvalue weighted by Gasteiger charge is 2.25. The number of hydrogen-bond donors (Lipinski definition) is 1.